The van der Waals surface area contributed by atoms with Gasteiger partial charge in [0.15, 0.2) is 5.01 Å². The lowest BCUT2D eigenvalue weighted by atomic mass is 10.1. The van der Waals surface area contributed by atoms with E-state index in [0.29, 0.717) is 37.4 Å². The molecule has 198 valence electrons. The Kier molecular flexibility index (Phi) is 8.19. The van der Waals surface area contributed by atoms with Gasteiger partial charge in [0.05, 0.1) is 34.2 Å². The van der Waals surface area contributed by atoms with Crippen molar-refractivity contribution in [2.24, 2.45) is 0 Å². The molecule has 13 heteroatoms. The number of thiophene rings is 1. The lowest BCUT2D eigenvalue weighted by Crippen LogP contribution is -2.26. The van der Waals surface area contributed by atoms with Gasteiger partial charge in [-0.1, -0.05) is 23.7 Å². The Bertz CT molecular complexity index is 1710. The van der Waals surface area contributed by atoms with Crippen LogP contribution in [0.3, 0.4) is 0 Å². The molecule has 4 heterocycles. The molecule has 0 aliphatic carbocycles. The molecular weight excluding hydrogens is 626 g/mol. The molecule has 4 aromatic heterocycles. The number of hydrogen-bond acceptors (Lipinski definition) is 9. The molecule has 9 nitrogen and oxygen atoms in total. The van der Waals surface area contributed by atoms with Crippen molar-refractivity contribution in [2.75, 3.05) is 5.32 Å². The number of hydrogen-bond donors (Lipinski definition) is 2. The number of nitrogens with one attached hydrogen (secondary N) is 1. The fourth-order valence-corrected chi connectivity index (χ4v) is 5.78. The van der Waals surface area contributed by atoms with Crippen LogP contribution in [0.25, 0.3) is 11.3 Å². The molecule has 0 saturated carbocycles. The van der Waals surface area contributed by atoms with Gasteiger partial charge in [0.1, 0.15) is 11.5 Å². The monoisotopic (exact) mass is 643 g/mol. The first-order valence-electron chi connectivity index (χ1n) is 11.5. The van der Waals surface area contributed by atoms with Crippen LogP contribution in [0, 0.1) is 0 Å². The molecule has 0 aliphatic heterocycles. The second-order valence-electron chi connectivity index (χ2n) is 8.27. The predicted molar refractivity (Wildman–Crippen MR) is 155 cm³/mol. The van der Waals surface area contributed by atoms with Crippen LogP contribution in [0.5, 0.6) is 0 Å². The lowest BCUT2D eigenvalue weighted by molar-refractivity contribution is 0.0945. The normalized spacial score (nSPS) is 11.1. The number of benzene rings is 1. The van der Waals surface area contributed by atoms with Crippen molar-refractivity contribution in [2.45, 2.75) is 19.7 Å². The van der Waals surface area contributed by atoms with Crippen LogP contribution in [0.2, 0.25) is 4.34 Å². The summed E-state index contributed by atoms with van der Waals surface area (Å²) in [6.07, 6.45) is 1.53. The van der Waals surface area contributed by atoms with E-state index < -0.39 is 11.5 Å². The topological polar surface area (TPSA) is 119 Å². The van der Waals surface area contributed by atoms with Crippen LogP contribution in [0.15, 0.2) is 75.6 Å². The lowest BCUT2D eigenvalue weighted by Gasteiger charge is -2.09. The molecule has 0 bridgehead atoms. The van der Waals surface area contributed by atoms with Gasteiger partial charge in [-0.3, -0.25) is 19.0 Å². The van der Waals surface area contributed by atoms with E-state index in [9.17, 15) is 19.5 Å². The Morgan fingerprint density at radius 1 is 1.10 bits per heavy atom. The maximum atomic E-state index is 13.5. The van der Waals surface area contributed by atoms with Crippen molar-refractivity contribution in [3.8, 4) is 11.3 Å². The van der Waals surface area contributed by atoms with Gasteiger partial charge in [0.2, 0.25) is 5.78 Å². The van der Waals surface area contributed by atoms with Crippen LogP contribution < -0.4 is 10.9 Å². The third-order valence-corrected chi connectivity index (χ3v) is 8.46. The van der Waals surface area contributed by atoms with Gasteiger partial charge >= 0.3 is 0 Å². The zero-order valence-electron chi connectivity index (χ0n) is 20.0. The highest BCUT2D eigenvalue weighted by Gasteiger charge is 2.21. The van der Waals surface area contributed by atoms with Crippen molar-refractivity contribution in [1.82, 2.24) is 19.3 Å². The van der Waals surface area contributed by atoms with E-state index in [2.05, 4.69) is 31.3 Å². The van der Waals surface area contributed by atoms with E-state index in [0.717, 1.165) is 4.88 Å². The number of Topliss-reactive ketones (excluding diaryl/α,β-unsaturated/α-hetero) is 1. The van der Waals surface area contributed by atoms with Crippen molar-refractivity contribution < 1.29 is 14.7 Å². The number of anilines is 1. The average molecular weight is 645 g/mol. The summed E-state index contributed by atoms with van der Waals surface area (Å²) in [5.41, 5.74) is 1.05. The quantitative estimate of drug-likeness (QED) is 0.165. The second-order valence-corrected chi connectivity index (χ2v) is 11.8. The molecular formula is C26H19BrClN5O4S2. The highest BCUT2D eigenvalue weighted by atomic mass is 79.9. The van der Waals surface area contributed by atoms with Gasteiger partial charge < -0.3 is 10.4 Å². The Morgan fingerprint density at radius 3 is 2.56 bits per heavy atom. The maximum Gasteiger partial charge on any atom is 0.280 e. The Morgan fingerprint density at radius 2 is 1.90 bits per heavy atom. The highest BCUT2D eigenvalue weighted by Crippen LogP contribution is 2.25. The van der Waals surface area contributed by atoms with Gasteiger partial charge in [-0.05, 0) is 57.9 Å². The Hall–Kier alpha value is -3.42. The summed E-state index contributed by atoms with van der Waals surface area (Å²) in [6.45, 7) is 0.0332. The number of thiazole rings is 1. The molecule has 0 saturated heterocycles. The van der Waals surface area contributed by atoms with Gasteiger partial charge in [0, 0.05) is 28.1 Å². The number of carbonyl (C=O) groups excluding carboxylic acids is 2. The zero-order chi connectivity index (χ0) is 27.5. The predicted octanol–water partition coefficient (Wildman–Crippen LogP) is 5.32. The minimum Gasteiger partial charge on any atom is -0.392 e. The number of ketones is 1. The number of nitrogens with zero attached hydrogens (tertiary/aromatic N) is 4. The average Bonchev–Trinajstić information content (AvgIpc) is 3.71. The third-order valence-electron chi connectivity index (χ3n) is 5.73. The molecule has 0 unspecified atom stereocenters. The summed E-state index contributed by atoms with van der Waals surface area (Å²) in [5, 5.41) is 19.0. The summed E-state index contributed by atoms with van der Waals surface area (Å²) in [7, 11) is 0. The molecule has 2 N–H and O–H groups in total. The molecule has 1 aromatic carbocycles. The molecule has 0 fully saturated rings. The van der Waals surface area contributed by atoms with Crippen LogP contribution in [0.4, 0.5) is 5.82 Å². The summed E-state index contributed by atoms with van der Waals surface area (Å²) in [4.78, 5) is 44.6. The van der Waals surface area contributed by atoms with Crippen LogP contribution >= 0.6 is 50.2 Å². The van der Waals surface area contributed by atoms with E-state index >= 15 is 0 Å². The van der Waals surface area contributed by atoms with Crippen molar-refractivity contribution in [3.05, 3.63) is 106 Å². The highest BCUT2D eigenvalue weighted by molar-refractivity contribution is 9.10. The van der Waals surface area contributed by atoms with Gasteiger partial charge in [-0.15, -0.1) is 22.7 Å². The smallest absolute Gasteiger partial charge is 0.280 e. The molecule has 0 aliphatic rings. The molecule has 0 atom stereocenters. The fourth-order valence-electron chi connectivity index (χ4n) is 3.76. The van der Waals surface area contributed by atoms with Crippen LogP contribution in [-0.2, 0) is 19.7 Å². The van der Waals surface area contributed by atoms with E-state index in [1.165, 1.54) is 38.1 Å². The van der Waals surface area contributed by atoms with Gasteiger partial charge in [-0.2, -0.15) is 9.78 Å². The van der Waals surface area contributed by atoms with Crippen LogP contribution in [-0.4, -0.2) is 36.1 Å². The number of rotatable bonds is 9. The second kappa shape index (κ2) is 11.8. The summed E-state index contributed by atoms with van der Waals surface area (Å²) in [5.74, 6) is -0.346. The first-order chi connectivity index (χ1) is 18.8. The molecule has 39 heavy (non-hydrogen) atoms. The minimum absolute atomic E-state index is 0.141. The third kappa shape index (κ3) is 5.94. The first-order valence-corrected chi connectivity index (χ1v) is 14.4. The summed E-state index contributed by atoms with van der Waals surface area (Å²) in [6, 6.07) is 15.1. The van der Waals surface area contributed by atoms with E-state index in [1.54, 1.807) is 53.9 Å². The number of pyridine rings is 1. The van der Waals surface area contributed by atoms with Gasteiger partial charge in [-0.25, -0.2) is 4.98 Å². The molecule has 0 amide bonds. The minimum atomic E-state index is -0.449. The van der Waals surface area contributed by atoms with Crippen molar-refractivity contribution in [3.63, 3.8) is 0 Å². The maximum absolute atomic E-state index is 13.5. The number of aliphatic hydroxyl groups is 1. The largest absolute Gasteiger partial charge is 0.392 e. The van der Waals surface area contributed by atoms with Crippen molar-refractivity contribution in [1.29, 1.82) is 0 Å². The van der Waals surface area contributed by atoms with Gasteiger partial charge in [0.25, 0.3) is 11.5 Å². The van der Waals surface area contributed by atoms with E-state index in [-0.39, 0.29) is 30.2 Å². The Balaban J connectivity index is 1.52. The van der Waals surface area contributed by atoms with Crippen molar-refractivity contribution >= 4 is 67.7 Å². The Labute approximate surface area is 243 Å². The molecule has 0 spiro atoms. The van der Waals surface area contributed by atoms with E-state index in [4.69, 9.17) is 11.6 Å². The SMILES string of the molecule is O=C(Cn1c(Br)ccc(-c2cc(NCc3ccc(Cl)s3)n(C(=O)c3ccc(CO)cc3)n2)c1=O)c1nccs1. The number of aliphatic hydroxyl groups excluding tert-OH is 1. The zero-order valence-corrected chi connectivity index (χ0v) is 24.0. The number of halogens is 2. The standard InChI is InChI=1S/C26H19BrClN5O4S2/c27-21-7-6-18(26(37)32(21)13-20(35)24-29-9-10-38-24)19-11-23(30-12-17-5-8-22(28)39-17)33(31-19)25(36)16-3-1-15(14-34)2-4-16/h1-11,30,34H,12-14H2. The molecule has 5 rings (SSSR count). The summed E-state index contributed by atoms with van der Waals surface area (Å²) >= 11 is 12.0. The molecule has 5 aromatic rings. The fraction of sp³-hybridized carbons (Fsp3) is 0.115. The van der Waals surface area contributed by atoms with Crippen LogP contribution in [0.1, 0.15) is 30.6 Å². The molecule has 0 radical (unpaired) electrons. The van der Waals surface area contributed by atoms with E-state index in [1.807, 2.05) is 6.07 Å². The number of carbonyl (C=O) groups is 2. The first kappa shape index (κ1) is 27.2. The summed E-state index contributed by atoms with van der Waals surface area (Å²) < 4.78 is 3.57. The number of aromatic nitrogens is 4.